The van der Waals surface area contributed by atoms with E-state index in [2.05, 4.69) is 0 Å². The second-order valence-electron chi connectivity index (χ2n) is 4.80. The third-order valence-electron chi connectivity index (χ3n) is 3.18. The smallest absolute Gasteiger partial charge is 0.348 e. The quantitative estimate of drug-likeness (QED) is 0.808. The van der Waals surface area contributed by atoms with E-state index in [0.717, 1.165) is 16.9 Å². The van der Waals surface area contributed by atoms with Crippen LogP contribution in [0.25, 0.3) is 0 Å². The van der Waals surface area contributed by atoms with E-state index in [1.165, 1.54) is 0 Å². The van der Waals surface area contributed by atoms with Crippen molar-refractivity contribution >= 4 is 28.3 Å². The fraction of sp³-hybridized carbons (Fsp3) is 0.235. The number of ether oxygens (including phenoxy) is 2. The molecule has 1 aromatic carbocycles. The molecule has 2 rings (SSSR count). The van der Waals surface area contributed by atoms with Gasteiger partial charge in [0.25, 0.3) is 0 Å². The average Bonchev–Trinajstić information content (AvgIpc) is 2.90. The summed E-state index contributed by atoms with van der Waals surface area (Å²) in [5.74, 6) is -1.03. The molecule has 0 saturated heterocycles. The van der Waals surface area contributed by atoms with Crippen molar-refractivity contribution in [1.82, 2.24) is 0 Å². The number of rotatable bonds is 6. The minimum atomic E-state index is -0.579. The maximum absolute atomic E-state index is 12.0. The molecule has 7 heteroatoms. The molecule has 1 heterocycles. The Labute approximate surface area is 143 Å². The van der Waals surface area contributed by atoms with E-state index in [1.54, 1.807) is 6.92 Å². The van der Waals surface area contributed by atoms with E-state index in [1.807, 2.05) is 36.4 Å². The molecule has 2 aromatic rings. The van der Waals surface area contributed by atoms with Crippen molar-refractivity contribution < 1.29 is 19.1 Å². The minimum Gasteiger partial charge on any atom is -0.462 e. The summed E-state index contributed by atoms with van der Waals surface area (Å²) in [5.41, 5.74) is 7.02. The topological polar surface area (TPSA) is 102 Å². The second-order valence-corrected chi connectivity index (χ2v) is 5.86. The molecular formula is C17H16N2O4S. The Morgan fingerprint density at radius 1 is 1.25 bits per heavy atom. The Hall–Kier alpha value is -2.85. The predicted octanol–water partition coefficient (Wildman–Crippen LogP) is 2.66. The molecule has 2 N–H and O–H groups in total. The maximum Gasteiger partial charge on any atom is 0.348 e. The van der Waals surface area contributed by atoms with Gasteiger partial charge in [0.2, 0.25) is 0 Å². The van der Waals surface area contributed by atoms with Gasteiger partial charge in [-0.2, -0.15) is 5.26 Å². The van der Waals surface area contributed by atoms with Crippen LogP contribution < -0.4 is 5.73 Å². The van der Waals surface area contributed by atoms with E-state index in [-0.39, 0.29) is 35.1 Å². The van der Waals surface area contributed by atoms with Gasteiger partial charge in [0.1, 0.15) is 22.6 Å². The summed E-state index contributed by atoms with van der Waals surface area (Å²) in [6.45, 7) is 1.68. The minimum absolute atomic E-state index is 0.108. The van der Waals surface area contributed by atoms with Crippen LogP contribution in [-0.2, 0) is 27.3 Å². The van der Waals surface area contributed by atoms with Crippen molar-refractivity contribution in [3.05, 3.63) is 51.9 Å². The van der Waals surface area contributed by atoms with E-state index >= 15 is 0 Å². The molecule has 0 atom stereocenters. The summed E-state index contributed by atoms with van der Waals surface area (Å²) < 4.78 is 10.2. The highest BCUT2D eigenvalue weighted by Crippen LogP contribution is 2.31. The molecule has 0 amide bonds. The molecule has 0 aliphatic rings. The molecule has 24 heavy (non-hydrogen) atoms. The molecule has 0 spiro atoms. The first-order valence-electron chi connectivity index (χ1n) is 7.24. The zero-order chi connectivity index (χ0) is 17.5. The van der Waals surface area contributed by atoms with Crippen molar-refractivity contribution in [3.8, 4) is 6.07 Å². The number of hydrogen-bond acceptors (Lipinski definition) is 7. The van der Waals surface area contributed by atoms with Crippen molar-refractivity contribution in [2.75, 3.05) is 12.3 Å². The largest absolute Gasteiger partial charge is 0.462 e. The number of hydrogen-bond donors (Lipinski definition) is 1. The number of anilines is 1. The van der Waals surface area contributed by atoms with Gasteiger partial charge in [-0.15, -0.1) is 11.3 Å². The Morgan fingerprint density at radius 2 is 1.96 bits per heavy atom. The number of thiophene rings is 1. The number of nitrogens with two attached hydrogens (primary N) is 1. The Morgan fingerprint density at radius 3 is 2.58 bits per heavy atom. The standard InChI is InChI=1S/C17H16N2O4S/c1-2-22-17(21)15-13(12(9-18)16(19)24-15)10-23-14(20)8-11-6-4-3-5-7-11/h3-7H,2,8,10,19H2,1H3. The number of nitrogen functional groups attached to an aromatic ring is 1. The summed E-state index contributed by atoms with van der Waals surface area (Å²) in [6.07, 6.45) is 0.108. The van der Waals surface area contributed by atoms with E-state index in [0.29, 0.717) is 5.56 Å². The van der Waals surface area contributed by atoms with Gasteiger partial charge in [0, 0.05) is 5.56 Å². The van der Waals surface area contributed by atoms with Crippen LogP contribution in [0.3, 0.4) is 0 Å². The Balaban J connectivity index is 2.12. The van der Waals surface area contributed by atoms with Gasteiger partial charge < -0.3 is 15.2 Å². The van der Waals surface area contributed by atoms with E-state index in [9.17, 15) is 14.9 Å². The third kappa shape index (κ3) is 4.12. The number of nitriles is 1. The van der Waals surface area contributed by atoms with Gasteiger partial charge in [-0.3, -0.25) is 4.79 Å². The summed E-state index contributed by atoms with van der Waals surface area (Å²) in [6, 6.07) is 11.1. The molecule has 0 aliphatic heterocycles. The van der Waals surface area contributed by atoms with Crippen molar-refractivity contribution in [2.24, 2.45) is 0 Å². The highest BCUT2D eigenvalue weighted by Gasteiger charge is 2.23. The molecular weight excluding hydrogens is 328 g/mol. The monoisotopic (exact) mass is 344 g/mol. The SMILES string of the molecule is CCOC(=O)c1sc(N)c(C#N)c1COC(=O)Cc1ccccc1. The van der Waals surface area contributed by atoms with Gasteiger partial charge >= 0.3 is 11.9 Å². The van der Waals surface area contributed by atoms with Crippen LogP contribution in [-0.4, -0.2) is 18.5 Å². The van der Waals surface area contributed by atoms with Gasteiger partial charge in [-0.1, -0.05) is 30.3 Å². The fourth-order valence-corrected chi connectivity index (χ4v) is 2.99. The van der Waals surface area contributed by atoms with Gasteiger partial charge in [-0.25, -0.2) is 4.79 Å². The van der Waals surface area contributed by atoms with Crippen molar-refractivity contribution in [1.29, 1.82) is 5.26 Å². The zero-order valence-electron chi connectivity index (χ0n) is 13.1. The lowest BCUT2D eigenvalue weighted by Crippen LogP contribution is -2.11. The lowest BCUT2D eigenvalue weighted by Gasteiger charge is -2.07. The average molecular weight is 344 g/mol. The van der Waals surface area contributed by atoms with Crippen LogP contribution in [0.5, 0.6) is 0 Å². The van der Waals surface area contributed by atoms with Crippen LogP contribution in [0, 0.1) is 11.3 Å². The lowest BCUT2D eigenvalue weighted by molar-refractivity contribution is -0.144. The molecule has 0 aliphatic carbocycles. The number of carbonyl (C=O) groups excluding carboxylic acids is 2. The molecule has 124 valence electrons. The maximum atomic E-state index is 12.0. The van der Waals surface area contributed by atoms with Gasteiger partial charge in [-0.05, 0) is 12.5 Å². The van der Waals surface area contributed by atoms with Gasteiger partial charge in [0.15, 0.2) is 0 Å². The first kappa shape index (κ1) is 17.5. The summed E-state index contributed by atoms with van der Waals surface area (Å²) in [4.78, 5) is 24.1. The zero-order valence-corrected chi connectivity index (χ0v) is 13.9. The predicted molar refractivity (Wildman–Crippen MR) is 89.3 cm³/mol. The van der Waals surface area contributed by atoms with E-state index < -0.39 is 11.9 Å². The number of esters is 2. The normalized spacial score (nSPS) is 10.0. The third-order valence-corrected chi connectivity index (χ3v) is 4.22. The van der Waals surface area contributed by atoms with Crippen LogP contribution in [0.15, 0.2) is 30.3 Å². The Bertz CT molecular complexity index is 778. The number of carbonyl (C=O) groups is 2. The molecule has 0 saturated carbocycles. The first-order chi connectivity index (χ1) is 11.6. The highest BCUT2D eigenvalue weighted by molar-refractivity contribution is 7.18. The summed E-state index contributed by atoms with van der Waals surface area (Å²) >= 11 is 0.959. The second kappa shape index (κ2) is 8.13. The number of nitrogens with zero attached hydrogens (tertiary/aromatic N) is 1. The molecule has 6 nitrogen and oxygen atoms in total. The van der Waals surface area contributed by atoms with Crippen LogP contribution in [0.1, 0.15) is 33.3 Å². The highest BCUT2D eigenvalue weighted by atomic mass is 32.1. The van der Waals surface area contributed by atoms with Crippen LogP contribution in [0.2, 0.25) is 0 Å². The summed E-state index contributed by atoms with van der Waals surface area (Å²) in [5, 5.41) is 9.41. The molecule has 1 aromatic heterocycles. The Kier molecular flexibility index (Phi) is 5.93. The van der Waals surface area contributed by atoms with E-state index in [4.69, 9.17) is 15.2 Å². The first-order valence-corrected chi connectivity index (χ1v) is 8.06. The van der Waals surface area contributed by atoms with Crippen molar-refractivity contribution in [2.45, 2.75) is 20.0 Å². The van der Waals surface area contributed by atoms with Gasteiger partial charge in [0.05, 0.1) is 18.6 Å². The fourth-order valence-electron chi connectivity index (χ4n) is 2.07. The number of benzene rings is 1. The van der Waals surface area contributed by atoms with Crippen molar-refractivity contribution in [3.63, 3.8) is 0 Å². The van der Waals surface area contributed by atoms with Crippen LogP contribution >= 0.6 is 11.3 Å². The molecule has 0 fully saturated rings. The summed E-state index contributed by atoms with van der Waals surface area (Å²) in [7, 11) is 0. The lowest BCUT2D eigenvalue weighted by atomic mass is 10.1. The molecule has 0 radical (unpaired) electrons. The van der Waals surface area contributed by atoms with Crippen LogP contribution in [0.4, 0.5) is 5.00 Å². The molecule has 0 unspecified atom stereocenters. The molecule has 0 bridgehead atoms.